The second kappa shape index (κ2) is 7.46. The van der Waals surface area contributed by atoms with Gasteiger partial charge in [0, 0.05) is 18.2 Å². The van der Waals surface area contributed by atoms with Gasteiger partial charge in [-0.1, -0.05) is 6.07 Å². The first-order valence-corrected chi connectivity index (χ1v) is 7.89. The molecule has 1 aliphatic heterocycles. The summed E-state index contributed by atoms with van der Waals surface area (Å²) in [5.41, 5.74) is 6.39. The molecule has 2 rings (SSSR count). The van der Waals surface area contributed by atoms with Gasteiger partial charge in [0.2, 0.25) is 0 Å². The van der Waals surface area contributed by atoms with Gasteiger partial charge in [-0.25, -0.2) is 0 Å². The third-order valence-corrected chi connectivity index (χ3v) is 3.84. The average Bonchev–Trinajstić information content (AvgIpc) is 2.47. The number of benzene rings is 1. The van der Waals surface area contributed by atoms with E-state index in [0.717, 1.165) is 31.6 Å². The molecule has 0 radical (unpaired) electrons. The topological polar surface area (TPSA) is 55.6 Å². The van der Waals surface area contributed by atoms with Gasteiger partial charge in [0.05, 0.1) is 6.10 Å². The summed E-state index contributed by atoms with van der Waals surface area (Å²) in [5, 5.41) is 0. The van der Waals surface area contributed by atoms with Crippen LogP contribution in [0.15, 0.2) is 24.3 Å². The van der Waals surface area contributed by atoms with Crippen molar-refractivity contribution in [1.29, 1.82) is 0 Å². The summed E-state index contributed by atoms with van der Waals surface area (Å²) in [7, 11) is 0. The third-order valence-electron chi connectivity index (χ3n) is 3.84. The van der Waals surface area contributed by atoms with Crippen molar-refractivity contribution in [2.45, 2.75) is 51.7 Å². The summed E-state index contributed by atoms with van der Waals surface area (Å²) in [4.78, 5) is 14.7. The summed E-state index contributed by atoms with van der Waals surface area (Å²) < 4.78 is 5.68. The number of ether oxygens (including phenoxy) is 1. The van der Waals surface area contributed by atoms with Gasteiger partial charge in [-0.15, -0.1) is 0 Å². The highest BCUT2D eigenvalue weighted by atomic mass is 16.5. The molecule has 1 aromatic carbocycles. The van der Waals surface area contributed by atoms with Gasteiger partial charge < -0.3 is 15.4 Å². The van der Waals surface area contributed by atoms with Crippen LogP contribution in [-0.2, 0) is 0 Å². The van der Waals surface area contributed by atoms with Crippen LogP contribution in [0.5, 0.6) is 5.75 Å². The first kappa shape index (κ1) is 15.8. The molecule has 1 amide bonds. The Balaban J connectivity index is 2.14. The van der Waals surface area contributed by atoms with Crippen molar-refractivity contribution in [2.24, 2.45) is 5.73 Å². The fourth-order valence-electron chi connectivity index (χ4n) is 2.90. The Kier molecular flexibility index (Phi) is 5.62. The number of likely N-dealkylation sites (tertiary alicyclic amines) is 1. The van der Waals surface area contributed by atoms with Gasteiger partial charge in [-0.3, -0.25) is 4.79 Å². The summed E-state index contributed by atoms with van der Waals surface area (Å²) in [6.45, 7) is 5.43. The molecule has 1 fully saturated rings. The molecule has 4 heteroatoms. The Morgan fingerprint density at radius 1 is 1.43 bits per heavy atom. The molecule has 1 heterocycles. The Morgan fingerprint density at radius 3 is 2.95 bits per heavy atom. The van der Waals surface area contributed by atoms with E-state index in [4.69, 9.17) is 10.5 Å². The van der Waals surface area contributed by atoms with Crippen LogP contribution in [0.2, 0.25) is 0 Å². The van der Waals surface area contributed by atoms with E-state index in [9.17, 15) is 4.79 Å². The maximum absolute atomic E-state index is 12.8. The number of hydrogen-bond acceptors (Lipinski definition) is 3. The summed E-state index contributed by atoms with van der Waals surface area (Å²) in [5.74, 6) is 0.852. The van der Waals surface area contributed by atoms with Crippen LogP contribution >= 0.6 is 0 Å². The molecule has 0 spiro atoms. The molecule has 4 nitrogen and oxygen atoms in total. The lowest BCUT2D eigenvalue weighted by Crippen LogP contribution is -2.44. The van der Waals surface area contributed by atoms with E-state index in [2.05, 4.69) is 0 Å². The number of hydrogen-bond donors (Lipinski definition) is 1. The van der Waals surface area contributed by atoms with Crippen LogP contribution in [0.1, 0.15) is 49.9 Å². The number of amides is 1. The number of rotatable bonds is 5. The van der Waals surface area contributed by atoms with Crippen molar-refractivity contribution in [2.75, 3.05) is 13.1 Å². The molecule has 1 aliphatic rings. The monoisotopic (exact) mass is 290 g/mol. The molecule has 0 aromatic heterocycles. The van der Waals surface area contributed by atoms with Crippen LogP contribution in [0.25, 0.3) is 0 Å². The van der Waals surface area contributed by atoms with Crippen molar-refractivity contribution in [3.63, 3.8) is 0 Å². The van der Waals surface area contributed by atoms with E-state index in [1.807, 2.05) is 43.0 Å². The van der Waals surface area contributed by atoms with Gasteiger partial charge in [0.25, 0.3) is 5.91 Å². The zero-order valence-corrected chi connectivity index (χ0v) is 13.0. The third kappa shape index (κ3) is 4.21. The Bertz CT molecular complexity index is 472. The minimum atomic E-state index is 0.0994. The predicted molar refractivity (Wildman–Crippen MR) is 84.6 cm³/mol. The molecule has 1 unspecified atom stereocenters. The number of carbonyl (C=O) groups excluding carboxylic acids is 1. The molecule has 21 heavy (non-hydrogen) atoms. The fourth-order valence-corrected chi connectivity index (χ4v) is 2.90. The number of nitrogens with zero attached hydrogens (tertiary/aromatic N) is 1. The van der Waals surface area contributed by atoms with Gasteiger partial charge in [0.1, 0.15) is 5.75 Å². The van der Waals surface area contributed by atoms with Crippen molar-refractivity contribution >= 4 is 5.91 Å². The van der Waals surface area contributed by atoms with Crippen LogP contribution < -0.4 is 10.5 Å². The molecule has 2 N–H and O–H groups in total. The second-order valence-electron chi connectivity index (χ2n) is 5.92. The van der Waals surface area contributed by atoms with Crippen LogP contribution in [0.3, 0.4) is 0 Å². The molecule has 1 aromatic rings. The molecule has 116 valence electrons. The quantitative estimate of drug-likeness (QED) is 0.907. The average molecular weight is 290 g/mol. The van der Waals surface area contributed by atoms with Crippen molar-refractivity contribution in [3.8, 4) is 5.75 Å². The maximum Gasteiger partial charge on any atom is 0.254 e. The number of nitrogens with two attached hydrogens (primary N) is 1. The lowest BCUT2D eigenvalue weighted by molar-refractivity contribution is 0.0604. The van der Waals surface area contributed by atoms with E-state index in [-0.39, 0.29) is 18.1 Å². The Labute approximate surface area is 127 Å². The highest BCUT2D eigenvalue weighted by Crippen LogP contribution is 2.23. The second-order valence-corrected chi connectivity index (χ2v) is 5.92. The zero-order valence-electron chi connectivity index (χ0n) is 13.0. The van der Waals surface area contributed by atoms with E-state index in [1.165, 1.54) is 6.42 Å². The standard InChI is InChI=1S/C17H26N2O2/c1-13(2)21-16-8-5-6-14(12-16)17(20)19-11-4-3-7-15(19)9-10-18/h5-6,8,12-13,15H,3-4,7,9-11,18H2,1-2H3. The minimum absolute atomic E-state index is 0.0994. The van der Waals surface area contributed by atoms with Crippen LogP contribution in [-0.4, -0.2) is 36.0 Å². The molecule has 0 bridgehead atoms. The lowest BCUT2D eigenvalue weighted by Gasteiger charge is -2.35. The first-order valence-electron chi connectivity index (χ1n) is 7.89. The Hall–Kier alpha value is -1.55. The van der Waals surface area contributed by atoms with Gasteiger partial charge in [0.15, 0.2) is 0 Å². The van der Waals surface area contributed by atoms with Crippen molar-refractivity contribution in [3.05, 3.63) is 29.8 Å². The smallest absolute Gasteiger partial charge is 0.254 e. The minimum Gasteiger partial charge on any atom is -0.491 e. The van der Waals surface area contributed by atoms with Crippen molar-refractivity contribution in [1.82, 2.24) is 4.90 Å². The summed E-state index contributed by atoms with van der Waals surface area (Å²) >= 11 is 0. The summed E-state index contributed by atoms with van der Waals surface area (Å²) in [6.07, 6.45) is 4.31. The van der Waals surface area contributed by atoms with Gasteiger partial charge >= 0.3 is 0 Å². The Morgan fingerprint density at radius 2 is 2.24 bits per heavy atom. The predicted octanol–water partition coefficient (Wildman–Crippen LogP) is 2.82. The molecule has 1 saturated heterocycles. The fraction of sp³-hybridized carbons (Fsp3) is 0.588. The summed E-state index contributed by atoms with van der Waals surface area (Å²) in [6, 6.07) is 7.77. The van der Waals surface area contributed by atoms with E-state index in [0.29, 0.717) is 12.1 Å². The van der Waals surface area contributed by atoms with Gasteiger partial charge in [-0.2, -0.15) is 0 Å². The normalized spacial score (nSPS) is 18.9. The lowest BCUT2D eigenvalue weighted by atomic mass is 9.98. The zero-order chi connectivity index (χ0) is 15.2. The van der Waals surface area contributed by atoms with Gasteiger partial charge in [-0.05, 0) is 64.3 Å². The van der Waals surface area contributed by atoms with E-state index < -0.39 is 0 Å². The highest BCUT2D eigenvalue weighted by molar-refractivity contribution is 5.94. The number of carbonyl (C=O) groups is 1. The van der Waals surface area contributed by atoms with E-state index >= 15 is 0 Å². The molecule has 0 aliphatic carbocycles. The van der Waals surface area contributed by atoms with E-state index in [1.54, 1.807) is 0 Å². The molecular formula is C17H26N2O2. The first-order chi connectivity index (χ1) is 10.1. The SMILES string of the molecule is CC(C)Oc1cccc(C(=O)N2CCCCC2CCN)c1. The number of piperidine rings is 1. The molecular weight excluding hydrogens is 264 g/mol. The molecule has 1 atom stereocenters. The largest absolute Gasteiger partial charge is 0.491 e. The highest BCUT2D eigenvalue weighted by Gasteiger charge is 2.26. The maximum atomic E-state index is 12.8. The van der Waals surface area contributed by atoms with Crippen LogP contribution in [0, 0.1) is 0 Å². The van der Waals surface area contributed by atoms with Crippen LogP contribution in [0.4, 0.5) is 0 Å². The van der Waals surface area contributed by atoms with Crippen molar-refractivity contribution < 1.29 is 9.53 Å². The molecule has 0 saturated carbocycles.